The first-order valence-electron chi connectivity index (χ1n) is 6.43. The highest BCUT2D eigenvalue weighted by atomic mass is 35.5. The summed E-state index contributed by atoms with van der Waals surface area (Å²) in [6, 6.07) is 0. The molecule has 1 amide bonds. The maximum Gasteiger partial charge on any atom is 0.417 e. The number of carbonyl (C=O) groups is 1. The maximum atomic E-state index is 12.1. The minimum absolute atomic E-state index is 0.0167. The van der Waals surface area contributed by atoms with Gasteiger partial charge in [0.2, 0.25) is 0 Å². The number of ether oxygens (including phenoxy) is 1. The second-order valence-corrected chi connectivity index (χ2v) is 5.74. The van der Waals surface area contributed by atoms with Crippen molar-refractivity contribution >= 4 is 35.0 Å². The van der Waals surface area contributed by atoms with Crippen LogP contribution in [0, 0.1) is 10.1 Å². The molecule has 9 nitrogen and oxygen atoms in total. The van der Waals surface area contributed by atoms with Crippen molar-refractivity contribution in [3.63, 3.8) is 0 Å². The molecule has 0 saturated heterocycles. The van der Waals surface area contributed by atoms with E-state index in [2.05, 4.69) is 15.4 Å². The number of carbonyl (C=O) groups excluding carboxylic acids is 1. The summed E-state index contributed by atoms with van der Waals surface area (Å²) in [5.74, 6) is -0.226. The molecular formula is C11H16ClN5O4S. The fourth-order valence-corrected chi connectivity index (χ4v) is 2.40. The van der Waals surface area contributed by atoms with E-state index in [1.54, 1.807) is 0 Å². The Balaban J connectivity index is 2.92. The van der Waals surface area contributed by atoms with Gasteiger partial charge < -0.3 is 10.1 Å². The van der Waals surface area contributed by atoms with Gasteiger partial charge in [0.25, 0.3) is 5.96 Å². The molecule has 0 saturated carbocycles. The summed E-state index contributed by atoms with van der Waals surface area (Å²) in [6.45, 7) is 2.20. The molecule has 122 valence electrons. The van der Waals surface area contributed by atoms with Gasteiger partial charge in [-0.25, -0.2) is 24.8 Å². The van der Waals surface area contributed by atoms with Crippen molar-refractivity contribution in [3.8, 4) is 0 Å². The number of aromatic nitrogens is 1. The van der Waals surface area contributed by atoms with Crippen molar-refractivity contribution in [1.29, 1.82) is 0 Å². The lowest BCUT2D eigenvalue weighted by Gasteiger charge is -2.20. The summed E-state index contributed by atoms with van der Waals surface area (Å²) < 4.78 is 5.39. The number of nitrogens with one attached hydrogen (secondary N) is 1. The van der Waals surface area contributed by atoms with Gasteiger partial charge in [0.15, 0.2) is 9.50 Å². The molecule has 0 unspecified atom stereocenters. The Hall–Kier alpha value is -1.94. The predicted octanol–water partition coefficient (Wildman–Crippen LogP) is 2.30. The molecule has 0 spiro atoms. The lowest BCUT2D eigenvalue weighted by atomic mass is 10.4. The van der Waals surface area contributed by atoms with Crippen LogP contribution in [0.25, 0.3) is 0 Å². The van der Waals surface area contributed by atoms with Gasteiger partial charge in [0.1, 0.15) is 5.10 Å². The number of unbranched alkanes of at least 4 members (excludes halogenated alkanes) is 1. The second-order valence-electron chi connectivity index (χ2n) is 4.05. The van der Waals surface area contributed by atoms with E-state index in [0.717, 1.165) is 22.7 Å². The summed E-state index contributed by atoms with van der Waals surface area (Å²) in [4.78, 5) is 28.2. The highest BCUT2D eigenvalue weighted by molar-refractivity contribution is 7.15. The van der Waals surface area contributed by atoms with Gasteiger partial charge in [0, 0.05) is 18.1 Å². The molecule has 1 aromatic heterocycles. The van der Waals surface area contributed by atoms with Crippen molar-refractivity contribution in [2.75, 3.05) is 13.7 Å². The molecule has 0 aliphatic heterocycles. The third-order valence-electron chi connectivity index (χ3n) is 2.44. The van der Waals surface area contributed by atoms with Crippen LogP contribution in [0.4, 0.5) is 4.79 Å². The Kier molecular flexibility index (Phi) is 7.54. The zero-order valence-electron chi connectivity index (χ0n) is 12.1. The van der Waals surface area contributed by atoms with E-state index in [0.29, 0.717) is 15.8 Å². The Morgan fingerprint density at radius 2 is 2.41 bits per heavy atom. The highest BCUT2D eigenvalue weighted by Crippen LogP contribution is 2.19. The van der Waals surface area contributed by atoms with E-state index in [4.69, 9.17) is 16.3 Å². The summed E-state index contributed by atoms with van der Waals surface area (Å²) in [5, 5.41) is 15.4. The number of amides is 1. The van der Waals surface area contributed by atoms with E-state index in [1.807, 2.05) is 6.92 Å². The molecule has 1 rings (SSSR count). The topological polar surface area (TPSA) is 110 Å². The number of nitro groups is 1. The number of halogens is 1. The van der Waals surface area contributed by atoms with Crippen molar-refractivity contribution < 1.29 is 14.6 Å². The standard InChI is InChI=1S/C11H16ClN5O4S/c1-3-4-5-21-11(18)16(10(13-2)15-17(19)20)7-8-6-14-9(12)22-8/h6H,3-5,7H2,1-2H3,(H,13,15). The lowest BCUT2D eigenvalue weighted by molar-refractivity contribution is -0.485. The molecule has 22 heavy (non-hydrogen) atoms. The molecule has 1 heterocycles. The average Bonchev–Trinajstić information content (AvgIpc) is 2.88. The van der Waals surface area contributed by atoms with Crippen molar-refractivity contribution in [3.05, 3.63) is 25.7 Å². The van der Waals surface area contributed by atoms with E-state index in [-0.39, 0.29) is 19.1 Å². The van der Waals surface area contributed by atoms with E-state index in [9.17, 15) is 14.9 Å². The Morgan fingerprint density at radius 3 is 2.91 bits per heavy atom. The van der Waals surface area contributed by atoms with Crippen molar-refractivity contribution in [2.24, 2.45) is 5.10 Å². The van der Waals surface area contributed by atoms with Crippen LogP contribution in [0.2, 0.25) is 4.47 Å². The summed E-state index contributed by atoms with van der Waals surface area (Å²) in [7, 11) is 1.42. The van der Waals surface area contributed by atoms with Gasteiger partial charge in [-0.2, -0.15) is 0 Å². The van der Waals surface area contributed by atoms with E-state index in [1.165, 1.54) is 13.2 Å². The van der Waals surface area contributed by atoms with Crippen LogP contribution in [-0.2, 0) is 11.3 Å². The zero-order chi connectivity index (χ0) is 16.5. The summed E-state index contributed by atoms with van der Waals surface area (Å²) in [6.07, 6.45) is 2.32. The third-order valence-corrected chi connectivity index (χ3v) is 3.54. The SMILES string of the molecule is CCCCOC(=O)N(Cc1cnc(Cl)s1)C(=N[N+](=O)[O-])NC. The van der Waals surface area contributed by atoms with Crippen LogP contribution in [0.5, 0.6) is 0 Å². The number of hydrogen-bond donors (Lipinski definition) is 1. The molecule has 0 atom stereocenters. The summed E-state index contributed by atoms with van der Waals surface area (Å²) in [5.41, 5.74) is 0. The van der Waals surface area contributed by atoms with Crippen LogP contribution in [0.1, 0.15) is 24.6 Å². The molecule has 0 fully saturated rings. The number of thiazole rings is 1. The first kappa shape index (κ1) is 18.1. The van der Waals surface area contributed by atoms with Crippen molar-refractivity contribution in [1.82, 2.24) is 15.2 Å². The number of hydrazone groups is 1. The van der Waals surface area contributed by atoms with Gasteiger partial charge in [-0.1, -0.05) is 24.9 Å². The quantitative estimate of drug-likeness (QED) is 0.277. The molecule has 0 bridgehead atoms. The maximum absolute atomic E-state index is 12.1. The molecule has 0 aromatic carbocycles. The van der Waals surface area contributed by atoms with Crippen LogP contribution < -0.4 is 5.32 Å². The fraction of sp³-hybridized carbons (Fsp3) is 0.545. The average molecular weight is 350 g/mol. The van der Waals surface area contributed by atoms with Gasteiger partial charge in [0.05, 0.1) is 13.2 Å². The molecule has 0 radical (unpaired) electrons. The van der Waals surface area contributed by atoms with E-state index < -0.39 is 11.1 Å². The van der Waals surface area contributed by atoms with Gasteiger partial charge in [-0.3, -0.25) is 0 Å². The minimum atomic E-state index is -0.891. The third kappa shape index (κ3) is 5.82. The van der Waals surface area contributed by atoms with Gasteiger partial charge in [-0.15, -0.1) is 11.3 Å². The normalized spacial score (nSPS) is 11.1. The summed E-state index contributed by atoms with van der Waals surface area (Å²) >= 11 is 6.90. The van der Waals surface area contributed by atoms with Crippen LogP contribution in [0.15, 0.2) is 11.3 Å². The van der Waals surface area contributed by atoms with Crippen LogP contribution >= 0.6 is 22.9 Å². The van der Waals surface area contributed by atoms with Crippen molar-refractivity contribution in [2.45, 2.75) is 26.3 Å². The monoisotopic (exact) mass is 349 g/mol. The molecule has 0 aliphatic rings. The fourth-order valence-electron chi connectivity index (χ4n) is 1.44. The molecule has 11 heteroatoms. The van der Waals surface area contributed by atoms with Gasteiger partial charge in [-0.05, 0) is 6.42 Å². The number of nitrogens with zero attached hydrogens (tertiary/aromatic N) is 4. The first-order valence-corrected chi connectivity index (χ1v) is 7.62. The van der Waals surface area contributed by atoms with Gasteiger partial charge >= 0.3 is 6.09 Å². The Bertz CT molecular complexity index is 550. The lowest BCUT2D eigenvalue weighted by Crippen LogP contribution is -2.44. The molecule has 0 aliphatic carbocycles. The largest absolute Gasteiger partial charge is 0.449 e. The number of rotatable bonds is 6. The smallest absolute Gasteiger partial charge is 0.417 e. The highest BCUT2D eigenvalue weighted by Gasteiger charge is 2.24. The molecule has 1 aromatic rings. The van der Waals surface area contributed by atoms with Crippen LogP contribution in [0.3, 0.4) is 0 Å². The number of hydrogen-bond acceptors (Lipinski definition) is 6. The van der Waals surface area contributed by atoms with E-state index >= 15 is 0 Å². The minimum Gasteiger partial charge on any atom is -0.449 e. The Labute approximate surface area is 136 Å². The Morgan fingerprint density at radius 1 is 1.68 bits per heavy atom. The molecular weight excluding hydrogens is 334 g/mol. The van der Waals surface area contributed by atoms with Crippen LogP contribution in [-0.4, -0.2) is 40.6 Å². The predicted molar refractivity (Wildman–Crippen MR) is 82.4 cm³/mol. The number of guanidine groups is 1. The second kappa shape index (κ2) is 9.15. The first-order chi connectivity index (χ1) is 10.5. The molecule has 1 N–H and O–H groups in total. The zero-order valence-corrected chi connectivity index (χ0v) is 13.7.